The molecule has 0 bridgehead atoms. The van der Waals surface area contributed by atoms with Crippen LogP contribution in [0.25, 0.3) is 0 Å². The highest BCUT2D eigenvalue weighted by molar-refractivity contribution is 5.97. The lowest BCUT2D eigenvalue weighted by atomic mass is 9.77. The molecule has 39 heavy (non-hydrogen) atoms. The Morgan fingerprint density at radius 1 is 0.718 bits per heavy atom. The van der Waals surface area contributed by atoms with Crippen LogP contribution in [-0.4, -0.2) is 40.7 Å². The number of cyclic esters (lactones) is 1. The Morgan fingerprint density at radius 3 is 1.95 bits per heavy atom. The lowest BCUT2D eigenvalue weighted by Gasteiger charge is -2.34. The van der Waals surface area contributed by atoms with Gasteiger partial charge in [0, 0.05) is 74.2 Å². The molecule has 1 aliphatic rings. The van der Waals surface area contributed by atoms with E-state index in [1.54, 1.807) is 0 Å². The molecule has 1 unspecified atom stereocenters. The van der Waals surface area contributed by atoms with E-state index >= 15 is 0 Å². The third-order valence-electron chi connectivity index (χ3n) is 7.79. The summed E-state index contributed by atoms with van der Waals surface area (Å²) >= 11 is 0. The summed E-state index contributed by atoms with van der Waals surface area (Å²) < 4.78 is 6.51. The molecule has 5 rings (SSSR count). The summed E-state index contributed by atoms with van der Waals surface area (Å²) in [5.41, 5.74) is 8.89. The first-order valence-electron chi connectivity index (χ1n) is 13.4. The molecule has 0 spiro atoms. The summed E-state index contributed by atoms with van der Waals surface area (Å²) in [5.74, 6) is -0.305. The van der Waals surface area contributed by atoms with Crippen LogP contribution in [0.1, 0.15) is 45.1 Å². The fourth-order valence-electron chi connectivity index (χ4n) is 5.61. The highest BCUT2D eigenvalue weighted by Gasteiger charge is 2.49. The van der Waals surface area contributed by atoms with Crippen molar-refractivity contribution in [3.63, 3.8) is 0 Å². The van der Waals surface area contributed by atoms with Gasteiger partial charge in [-0.2, -0.15) is 0 Å². The normalized spacial score (nSPS) is 16.0. The van der Waals surface area contributed by atoms with Crippen molar-refractivity contribution < 1.29 is 9.53 Å². The lowest BCUT2D eigenvalue weighted by molar-refractivity contribution is 0.0250. The fourth-order valence-corrected chi connectivity index (χ4v) is 5.61. The number of aryl methyl sites for hydroxylation is 1. The zero-order valence-electron chi connectivity index (χ0n) is 23.9. The highest BCUT2D eigenvalue weighted by Crippen LogP contribution is 2.50. The summed E-state index contributed by atoms with van der Waals surface area (Å²) in [6.45, 7) is 7.21. The van der Waals surface area contributed by atoms with Gasteiger partial charge in [0.1, 0.15) is 0 Å². The van der Waals surface area contributed by atoms with Crippen molar-refractivity contribution in [2.45, 2.75) is 26.4 Å². The van der Waals surface area contributed by atoms with Gasteiger partial charge in [0.25, 0.3) is 0 Å². The number of fused-ring (bicyclic) bond motifs is 1. The van der Waals surface area contributed by atoms with Crippen molar-refractivity contribution in [3.05, 3.63) is 118 Å². The first-order chi connectivity index (χ1) is 18.7. The van der Waals surface area contributed by atoms with Crippen LogP contribution in [0.5, 0.6) is 0 Å². The Hall–Kier alpha value is -4.25. The molecule has 0 aliphatic carbocycles. The molecule has 5 nitrogen and oxygen atoms in total. The smallest absolute Gasteiger partial charge is 0.340 e. The van der Waals surface area contributed by atoms with Crippen molar-refractivity contribution in [3.8, 4) is 0 Å². The van der Waals surface area contributed by atoms with Gasteiger partial charge in [-0.15, -0.1) is 0 Å². The zero-order valence-corrected chi connectivity index (χ0v) is 23.9. The van der Waals surface area contributed by atoms with Crippen LogP contribution >= 0.6 is 0 Å². The quantitative estimate of drug-likeness (QED) is 0.244. The number of hydrogen-bond donors (Lipinski definition) is 0. The van der Waals surface area contributed by atoms with E-state index in [1.165, 1.54) is 5.56 Å². The molecule has 5 heteroatoms. The molecule has 1 heterocycles. The molecule has 0 fully saturated rings. The molecule has 0 saturated carbocycles. The average Bonchev–Trinajstić information content (AvgIpc) is 3.23. The SMILES string of the molecule is CCN(c1ccc(C)cc1)c1cccc(C2(c3ccc(N(C)C)cc3)OC(=O)c3cc(N(C)C)ccc32)c1C. The predicted octanol–water partition coefficient (Wildman–Crippen LogP) is 7.06. The molecular formula is C34H37N3O2. The Kier molecular flexibility index (Phi) is 6.85. The second kappa shape index (κ2) is 10.1. The van der Waals surface area contributed by atoms with E-state index in [4.69, 9.17) is 4.74 Å². The first kappa shape index (κ1) is 26.4. The second-order valence-corrected chi connectivity index (χ2v) is 10.7. The van der Waals surface area contributed by atoms with Crippen LogP contribution in [0.15, 0.2) is 84.9 Å². The number of hydrogen-bond acceptors (Lipinski definition) is 5. The highest BCUT2D eigenvalue weighted by atomic mass is 16.6. The molecule has 0 amide bonds. The van der Waals surface area contributed by atoms with Gasteiger partial charge < -0.3 is 19.4 Å². The van der Waals surface area contributed by atoms with E-state index in [0.29, 0.717) is 5.56 Å². The Labute approximate surface area is 232 Å². The molecule has 0 N–H and O–H groups in total. The summed E-state index contributed by atoms with van der Waals surface area (Å²) in [6, 6.07) is 29.3. The first-order valence-corrected chi connectivity index (χ1v) is 13.4. The minimum atomic E-state index is -1.06. The molecule has 0 saturated heterocycles. The van der Waals surface area contributed by atoms with E-state index in [2.05, 4.69) is 109 Å². The average molecular weight is 520 g/mol. The van der Waals surface area contributed by atoms with Crippen LogP contribution in [0.3, 0.4) is 0 Å². The Balaban J connectivity index is 1.76. The maximum Gasteiger partial charge on any atom is 0.340 e. The molecule has 1 aliphatic heterocycles. The third-order valence-corrected chi connectivity index (χ3v) is 7.79. The van der Waals surface area contributed by atoms with Crippen LogP contribution in [0, 0.1) is 13.8 Å². The molecule has 4 aromatic rings. The van der Waals surface area contributed by atoms with Crippen molar-refractivity contribution >= 4 is 28.7 Å². The maximum absolute atomic E-state index is 13.6. The summed E-state index contributed by atoms with van der Waals surface area (Å²) in [7, 11) is 8.01. The van der Waals surface area contributed by atoms with Crippen molar-refractivity contribution in [1.29, 1.82) is 0 Å². The van der Waals surface area contributed by atoms with Gasteiger partial charge >= 0.3 is 5.97 Å². The van der Waals surface area contributed by atoms with Gasteiger partial charge in [0.05, 0.1) is 5.56 Å². The van der Waals surface area contributed by atoms with Crippen molar-refractivity contribution in [2.24, 2.45) is 0 Å². The van der Waals surface area contributed by atoms with Crippen LogP contribution in [0.2, 0.25) is 0 Å². The van der Waals surface area contributed by atoms with Gasteiger partial charge in [-0.3, -0.25) is 0 Å². The predicted molar refractivity (Wildman–Crippen MR) is 162 cm³/mol. The number of ether oxygens (including phenoxy) is 1. The van der Waals surface area contributed by atoms with Gasteiger partial charge in [0.2, 0.25) is 0 Å². The van der Waals surface area contributed by atoms with Gasteiger partial charge in [-0.05, 0) is 68.8 Å². The monoisotopic (exact) mass is 519 g/mol. The number of rotatable bonds is 7. The Morgan fingerprint density at radius 2 is 1.33 bits per heavy atom. The largest absolute Gasteiger partial charge is 0.441 e. The summed E-state index contributed by atoms with van der Waals surface area (Å²) in [5, 5.41) is 0. The van der Waals surface area contributed by atoms with Crippen LogP contribution in [0.4, 0.5) is 22.7 Å². The van der Waals surface area contributed by atoms with E-state index < -0.39 is 5.60 Å². The number of benzene rings is 4. The van der Waals surface area contributed by atoms with Crippen LogP contribution in [-0.2, 0) is 10.3 Å². The summed E-state index contributed by atoms with van der Waals surface area (Å²) in [4.78, 5) is 19.9. The molecule has 0 radical (unpaired) electrons. The van der Waals surface area contributed by atoms with E-state index in [9.17, 15) is 4.79 Å². The van der Waals surface area contributed by atoms with Crippen molar-refractivity contribution in [2.75, 3.05) is 49.4 Å². The van der Waals surface area contributed by atoms with Gasteiger partial charge in [-0.1, -0.05) is 48.0 Å². The maximum atomic E-state index is 13.6. The number of esters is 1. The number of nitrogens with zero attached hydrogens (tertiary/aromatic N) is 3. The van der Waals surface area contributed by atoms with Crippen LogP contribution < -0.4 is 14.7 Å². The fraction of sp³-hybridized carbons (Fsp3) is 0.265. The molecule has 4 aromatic carbocycles. The third kappa shape index (κ3) is 4.42. The molecule has 1 atom stereocenters. The molecular weight excluding hydrogens is 482 g/mol. The minimum absolute atomic E-state index is 0.305. The standard InChI is InChI=1S/C34H37N3O2/c1-8-37(27-16-12-23(2)13-17-27)32-11-9-10-30(24(32)3)34(25-14-18-26(19-15-25)35(4)5)31-21-20-28(36(6)7)22-29(31)33(38)39-34/h9-22H,8H2,1-7H3. The van der Waals surface area contributed by atoms with E-state index in [-0.39, 0.29) is 5.97 Å². The second-order valence-electron chi connectivity index (χ2n) is 10.7. The van der Waals surface area contributed by atoms with Gasteiger partial charge in [-0.25, -0.2) is 4.79 Å². The number of carbonyl (C=O) groups excluding carboxylic acids is 1. The van der Waals surface area contributed by atoms with E-state index in [1.807, 2.05) is 39.2 Å². The number of carbonyl (C=O) groups is 1. The molecule has 0 aromatic heterocycles. The molecule has 200 valence electrons. The van der Waals surface area contributed by atoms with Crippen molar-refractivity contribution in [1.82, 2.24) is 0 Å². The topological polar surface area (TPSA) is 36.0 Å². The summed E-state index contributed by atoms with van der Waals surface area (Å²) in [6.07, 6.45) is 0. The number of anilines is 4. The van der Waals surface area contributed by atoms with Gasteiger partial charge in [0.15, 0.2) is 5.60 Å². The zero-order chi connectivity index (χ0) is 27.9. The van der Waals surface area contributed by atoms with E-state index in [0.717, 1.165) is 51.5 Å². The minimum Gasteiger partial charge on any atom is -0.441 e. The Bertz CT molecular complexity index is 1510. The lowest BCUT2D eigenvalue weighted by Crippen LogP contribution is -2.31.